The molecule has 0 radical (unpaired) electrons. The van der Waals surface area contributed by atoms with Gasteiger partial charge < -0.3 is 9.84 Å². The van der Waals surface area contributed by atoms with Crippen molar-refractivity contribution in [2.24, 2.45) is 0 Å². The minimum Gasteiger partial charge on any atom is -0.508 e. The summed E-state index contributed by atoms with van der Waals surface area (Å²) < 4.78 is 5.99. The van der Waals surface area contributed by atoms with Gasteiger partial charge in [-0.15, -0.1) is 0 Å². The number of likely N-dealkylation sites (tertiary alicyclic amines) is 1. The second-order valence-electron chi connectivity index (χ2n) is 9.56. The topological polar surface area (TPSA) is 53.0 Å². The standard InChI is InChI=1S/C31H38N2O3/c1-2-3-5-8-25-9-11-26(12-10-25)31(35)33(27-13-17-29(34)18-14-27)28-15-19-30(20-16-28)36-24-23-32-21-6-4-7-22-32/h9-20,34H,2-8,21-24H2,1H3. The van der Waals surface area contributed by atoms with Crippen LogP contribution in [0.5, 0.6) is 11.5 Å². The number of piperidine rings is 1. The van der Waals surface area contributed by atoms with Crippen molar-refractivity contribution in [1.82, 2.24) is 4.90 Å². The Balaban J connectivity index is 1.47. The number of hydrogen-bond acceptors (Lipinski definition) is 4. The molecule has 0 aromatic heterocycles. The van der Waals surface area contributed by atoms with Crippen molar-refractivity contribution in [3.05, 3.63) is 83.9 Å². The molecule has 5 heteroatoms. The molecule has 0 bridgehead atoms. The van der Waals surface area contributed by atoms with Gasteiger partial charge in [-0.2, -0.15) is 0 Å². The number of unbranched alkanes of at least 4 members (excludes halogenated alkanes) is 2. The Kier molecular flexibility index (Phi) is 9.40. The van der Waals surface area contributed by atoms with Crippen LogP contribution in [0.4, 0.5) is 11.4 Å². The van der Waals surface area contributed by atoms with Crippen molar-refractivity contribution < 1.29 is 14.6 Å². The molecule has 5 nitrogen and oxygen atoms in total. The first kappa shape index (κ1) is 25.8. The van der Waals surface area contributed by atoms with Crippen LogP contribution in [0.25, 0.3) is 0 Å². The molecular formula is C31H38N2O3. The minimum atomic E-state index is -0.112. The molecule has 36 heavy (non-hydrogen) atoms. The maximum atomic E-state index is 13.7. The van der Waals surface area contributed by atoms with E-state index in [1.807, 2.05) is 36.4 Å². The molecule has 0 unspecified atom stereocenters. The molecule has 0 aliphatic carbocycles. The van der Waals surface area contributed by atoms with Crippen LogP contribution in [0.15, 0.2) is 72.8 Å². The second-order valence-corrected chi connectivity index (χ2v) is 9.56. The van der Waals surface area contributed by atoms with Crippen LogP contribution < -0.4 is 9.64 Å². The van der Waals surface area contributed by atoms with Gasteiger partial charge in [0.25, 0.3) is 5.91 Å². The lowest BCUT2D eigenvalue weighted by Gasteiger charge is -2.26. The van der Waals surface area contributed by atoms with Crippen molar-refractivity contribution in [3.8, 4) is 11.5 Å². The Hall–Kier alpha value is -3.31. The number of anilines is 2. The van der Waals surface area contributed by atoms with Gasteiger partial charge in [0.15, 0.2) is 0 Å². The van der Waals surface area contributed by atoms with Crippen LogP contribution in [-0.2, 0) is 6.42 Å². The molecule has 1 aliphatic rings. The Labute approximate surface area is 215 Å². The SMILES string of the molecule is CCCCCc1ccc(C(=O)N(c2ccc(O)cc2)c2ccc(OCCN3CCCCC3)cc2)cc1. The predicted octanol–water partition coefficient (Wildman–Crippen LogP) is 6.97. The summed E-state index contributed by atoms with van der Waals surface area (Å²) in [5.74, 6) is 0.852. The van der Waals surface area contributed by atoms with E-state index in [4.69, 9.17) is 4.74 Å². The van der Waals surface area contributed by atoms with Gasteiger partial charge in [-0.3, -0.25) is 14.6 Å². The Morgan fingerprint density at radius 2 is 1.50 bits per heavy atom. The number of amides is 1. The predicted molar refractivity (Wildman–Crippen MR) is 146 cm³/mol. The largest absolute Gasteiger partial charge is 0.508 e. The highest BCUT2D eigenvalue weighted by Gasteiger charge is 2.20. The number of nitrogens with zero attached hydrogens (tertiary/aromatic N) is 2. The third-order valence-corrected chi connectivity index (χ3v) is 6.80. The number of carbonyl (C=O) groups is 1. The number of benzene rings is 3. The quantitative estimate of drug-likeness (QED) is 0.297. The van der Waals surface area contributed by atoms with Crippen molar-refractivity contribution in [2.75, 3.05) is 31.1 Å². The van der Waals surface area contributed by atoms with Gasteiger partial charge in [-0.1, -0.05) is 38.3 Å². The molecule has 1 N–H and O–H groups in total. The first-order valence-electron chi connectivity index (χ1n) is 13.3. The molecule has 1 fully saturated rings. The molecule has 1 aliphatic heterocycles. The van der Waals surface area contributed by atoms with Crippen molar-refractivity contribution in [2.45, 2.75) is 51.9 Å². The van der Waals surface area contributed by atoms with Gasteiger partial charge in [0.05, 0.1) is 0 Å². The highest BCUT2D eigenvalue weighted by Crippen LogP contribution is 2.30. The average Bonchev–Trinajstić information content (AvgIpc) is 2.92. The molecule has 3 aromatic rings. The lowest BCUT2D eigenvalue weighted by Crippen LogP contribution is -2.33. The van der Waals surface area contributed by atoms with Crippen LogP contribution in [0, 0.1) is 0 Å². The maximum absolute atomic E-state index is 13.7. The van der Waals surface area contributed by atoms with Crippen molar-refractivity contribution >= 4 is 17.3 Å². The molecule has 1 saturated heterocycles. The van der Waals surface area contributed by atoms with Crippen LogP contribution >= 0.6 is 0 Å². The third-order valence-electron chi connectivity index (χ3n) is 6.80. The van der Waals surface area contributed by atoms with E-state index in [9.17, 15) is 9.90 Å². The fraction of sp³-hybridized carbons (Fsp3) is 0.387. The van der Waals surface area contributed by atoms with Crippen molar-refractivity contribution in [1.29, 1.82) is 0 Å². The smallest absolute Gasteiger partial charge is 0.262 e. The number of phenols is 1. The van der Waals surface area contributed by atoms with E-state index in [1.165, 1.54) is 37.7 Å². The average molecular weight is 487 g/mol. The summed E-state index contributed by atoms with van der Waals surface area (Å²) >= 11 is 0. The number of carbonyl (C=O) groups excluding carboxylic acids is 1. The molecule has 0 saturated carbocycles. The number of ether oxygens (including phenoxy) is 1. The molecule has 3 aromatic carbocycles. The first-order chi connectivity index (χ1) is 17.6. The van der Waals surface area contributed by atoms with E-state index < -0.39 is 0 Å². The van der Waals surface area contributed by atoms with Gasteiger partial charge in [-0.05, 0) is 105 Å². The van der Waals surface area contributed by atoms with Gasteiger partial charge in [0, 0.05) is 23.5 Å². The summed E-state index contributed by atoms with van der Waals surface area (Å²) in [6.07, 6.45) is 8.49. The number of hydrogen-bond donors (Lipinski definition) is 1. The Morgan fingerprint density at radius 3 is 2.14 bits per heavy atom. The normalized spacial score (nSPS) is 13.9. The molecule has 0 atom stereocenters. The van der Waals surface area contributed by atoms with Gasteiger partial charge in [0.2, 0.25) is 0 Å². The summed E-state index contributed by atoms with van der Waals surface area (Å²) in [6.45, 7) is 6.12. The summed E-state index contributed by atoms with van der Waals surface area (Å²) in [6, 6.07) is 22.3. The van der Waals surface area contributed by atoms with E-state index >= 15 is 0 Å². The summed E-state index contributed by atoms with van der Waals surface area (Å²) in [4.78, 5) is 17.8. The van der Waals surface area contributed by atoms with Gasteiger partial charge in [-0.25, -0.2) is 0 Å². The highest BCUT2D eigenvalue weighted by atomic mass is 16.5. The van der Waals surface area contributed by atoms with E-state index in [-0.39, 0.29) is 11.7 Å². The fourth-order valence-electron chi connectivity index (χ4n) is 4.67. The van der Waals surface area contributed by atoms with E-state index in [0.717, 1.165) is 43.9 Å². The maximum Gasteiger partial charge on any atom is 0.262 e. The second kappa shape index (κ2) is 13.1. The molecule has 1 amide bonds. The summed E-state index contributed by atoms with van der Waals surface area (Å²) in [7, 11) is 0. The van der Waals surface area contributed by atoms with Crippen LogP contribution in [-0.4, -0.2) is 42.2 Å². The fourth-order valence-corrected chi connectivity index (χ4v) is 4.67. The lowest BCUT2D eigenvalue weighted by atomic mass is 10.0. The third kappa shape index (κ3) is 7.11. The highest BCUT2D eigenvalue weighted by molar-refractivity contribution is 6.11. The van der Waals surface area contributed by atoms with Gasteiger partial charge in [0.1, 0.15) is 18.1 Å². The van der Waals surface area contributed by atoms with E-state index in [2.05, 4.69) is 24.0 Å². The number of rotatable bonds is 11. The van der Waals surface area contributed by atoms with Gasteiger partial charge >= 0.3 is 0 Å². The minimum absolute atomic E-state index is 0.112. The van der Waals surface area contributed by atoms with Crippen molar-refractivity contribution in [3.63, 3.8) is 0 Å². The van der Waals surface area contributed by atoms with E-state index in [0.29, 0.717) is 17.9 Å². The number of aromatic hydroxyl groups is 1. The van der Waals surface area contributed by atoms with Crippen LogP contribution in [0.2, 0.25) is 0 Å². The molecule has 0 spiro atoms. The monoisotopic (exact) mass is 486 g/mol. The summed E-state index contributed by atoms with van der Waals surface area (Å²) in [5.41, 5.74) is 3.33. The number of phenolic OH excluding ortho intramolecular Hbond substituents is 1. The van der Waals surface area contributed by atoms with Crippen LogP contribution in [0.1, 0.15) is 61.4 Å². The first-order valence-corrected chi connectivity index (χ1v) is 13.3. The lowest BCUT2D eigenvalue weighted by molar-refractivity contribution is 0.0999. The molecule has 190 valence electrons. The molecule has 1 heterocycles. The van der Waals surface area contributed by atoms with Crippen LogP contribution in [0.3, 0.4) is 0 Å². The molecular weight excluding hydrogens is 448 g/mol. The molecule has 4 rings (SSSR count). The zero-order chi connectivity index (χ0) is 25.2. The zero-order valence-corrected chi connectivity index (χ0v) is 21.4. The summed E-state index contributed by atoms with van der Waals surface area (Å²) in [5, 5.41) is 9.77. The van der Waals surface area contributed by atoms with E-state index in [1.54, 1.807) is 29.2 Å². The zero-order valence-electron chi connectivity index (χ0n) is 21.4. The Morgan fingerprint density at radius 1 is 0.861 bits per heavy atom. The number of aryl methyl sites for hydroxylation is 1. The Bertz CT molecular complexity index is 1070.